The highest BCUT2D eigenvalue weighted by Crippen LogP contribution is 2.38. The Morgan fingerprint density at radius 1 is 1.06 bits per heavy atom. The van der Waals surface area contributed by atoms with Crippen molar-refractivity contribution in [2.24, 2.45) is 11.8 Å². The lowest BCUT2D eigenvalue weighted by Crippen LogP contribution is -2.45. The van der Waals surface area contributed by atoms with E-state index < -0.39 is 76.3 Å². The maximum Gasteiger partial charge on any atom is 0.416 e. The van der Waals surface area contributed by atoms with Crippen molar-refractivity contribution in [3.63, 3.8) is 0 Å². The highest BCUT2D eigenvalue weighted by Gasteiger charge is 2.38. The zero-order chi connectivity index (χ0) is 36.5. The first kappa shape index (κ1) is 37.3. The second kappa shape index (κ2) is 14.5. The highest BCUT2D eigenvalue weighted by atomic mass is 19.4. The second-order valence-electron chi connectivity index (χ2n) is 13.1. The number of amides is 1. The van der Waals surface area contributed by atoms with Crippen molar-refractivity contribution in [2.45, 2.75) is 65.2 Å². The molecule has 1 aliphatic rings. The van der Waals surface area contributed by atoms with Gasteiger partial charge in [0.2, 0.25) is 5.91 Å². The lowest BCUT2D eigenvalue weighted by Gasteiger charge is -2.37. The van der Waals surface area contributed by atoms with Crippen LogP contribution < -0.4 is 10.9 Å². The minimum Gasteiger partial charge on any atom is -0.481 e. The number of aryl methyl sites for hydroxylation is 2. The SMILES string of the molecule is C#Cc1cc(-c2c(C)cc(F)cc2C)c(F)c([C@@H](CC(=O)O)NC(=O)[C@@H](CC(C)C)n2cc(CC3CN(C)C3)c(C(F)(F)F)cc2=O)c1F. The number of carbonyl (C=O) groups is 2. The number of alkyl halides is 3. The van der Waals surface area contributed by atoms with Crippen LogP contribution in [0.1, 0.15) is 72.2 Å². The molecule has 262 valence electrons. The van der Waals surface area contributed by atoms with Crippen LogP contribution >= 0.6 is 0 Å². The number of rotatable bonds is 11. The van der Waals surface area contributed by atoms with Gasteiger partial charge in [0.25, 0.3) is 5.56 Å². The van der Waals surface area contributed by atoms with Crippen molar-refractivity contribution in [3.8, 4) is 23.5 Å². The molecule has 13 heteroatoms. The molecule has 0 radical (unpaired) electrons. The van der Waals surface area contributed by atoms with Gasteiger partial charge in [-0.05, 0) is 86.0 Å². The average molecular weight is 690 g/mol. The van der Waals surface area contributed by atoms with Crippen LogP contribution in [-0.2, 0) is 22.2 Å². The monoisotopic (exact) mass is 689 g/mol. The Labute approximate surface area is 279 Å². The Hall–Kier alpha value is -4.57. The Balaban J connectivity index is 1.85. The van der Waals surface area contributed by atoms with Crippen LogP contribution in [-0.4, -0.2) is 46.6 Å². The van der Waals surface area contributed by atoms with E-state index in [-0.39, 0.29) is 52.5 Å². The molecule has 2 N–H and O–H groups in total. The standard InChI is InChI=1S/C36H37F6N3O4/c1-7-22-12-25(31-19(4)9-24(37)10-20(31)5)34(39)32(33(22)38)27(14-30(47)48)43-35(49)28(8-18(2)3)45-17-23(11-21-15-44(6)16-21)26(13-29(45)46)36(40,41)42/h1,9-10,12-13,17-18,21,27-28H,8,11,14-16H2,2-6H3,(H,43,49)(H,47,48)/t27-,28-/m1/s1. The maximum atomic E-state index is 16.4. The number of pyridine rings is 1. The minimum atomic E-state index is -4.85. The normalized spacial score (nSPS) is 15.1. The van der Waals surface area contributed by atoms with Gasteiger partial charge in [-0.15, -0.1) is 6.42 Å². The van der Waals surface area contributed by atoms with Gasteiger partial charge < -0.3 is 19.9 Å². The summed E-state index contributed by atoms with van der Waals surface area (Å²) in [7, 11) is 1.81. The third-order valence-corrected chi connectivity index (χ3v) is 8.65. The summed E-state index contributed by atoms with van der Waals surface area (Å²) in [6.45, 7) is 7.46. The molecule has 1 saturated heterocycles. The van der Waals surface area contributed by atoms with E-state index in [9.17, 15) is 37.1 Å². The first-order valence-corrected chi connectivity index (χ1v) is 15.6. The summed E-state index contributed by atoms with van der Waals surface area (Å²) in [4.78, 5) is 41.1. The van der Waals surface area contributed by atoms with E-state index >= 15 is 8.78 Å². The van der Waals surface area contributed by atoms with Gasteiger partial charge in [0.1, 0.15) is 23.5 Å². The van der Waals surface area contributed by atoms with Crippen molar-refractivity contribution >= 4 is 11.9 Å². The zero-order valence-electron chi connectivity index (χ0n) is 27.6. The van der Waals surface area contributed by atoms with Crippen LogP contribution in [0.25, 0.3) is 11.1 Å². The van der Waals surface area contributed by atoms with E-state index in [1.807, 2.05) is 11.9 Å². The van der Waals surface area contributed by atoms with Crippen LogP contribution in [0.3, 0.4) is 0 Å². The number of aliphatic carboxylic acids is 1. The number of hydrogen-bond acceptors (Lipinski definition) is 4. The Morgan fingerprint density at radius 2 is 1.67 bits per heavy atom. The summed E-state index contributed by atoms with van der Waals surface area (Å²) in [6.07, 6.45) is 0.561. The molecule has 0 saturated carbocycles. The van der Waals surface area contributed by atoms with Gasteiger partial charge in [0.05, 0.1) is 23.6 Å². The molecule has 1 aliphatic heterocycles. The van der Waals surface area contributed by atoms with Crippen LogP contribution in [0.2, 0.25) is 0 Å². The molecule has 0 spiro atoms. The predicted octanol–water partition coefficient (Wildman–Crippen LogP) is 6.57. The van der Waals surface area contributed by atoms with E-state index in [1.165, 1.54) is 13.8 Å². The summed E-state index contributed by atoms with van der Waals surface area (Å²) < 4.78 is 89.3. The number of nitrogens with zero attached hydrogens (tertiary/aromatic N) is 2. The van der Waals surface area contributed by atoms with Gasteiger partial charge in [0, 0.05) is 36.5 Å². The first-order chi connectivity index (χ1) is 22.8. The van der Waals surface area contributed by atoms with E-state index in [0.29, 0.717) is 19.2 Å². The molecular formula is C36H37F6N3O4. The summed E-state index contributed by atoms with van der Waals surface area (Å²) in [5.74, 6) is -4.08. The number of terminal acetylenes is 1. The highest BCUT2D eigenvalue weighted by molar-refractivity contribution is 5.82. The number of aromatic nitrogens is 1. The fraction of sp³-hybridized carbons (Fsp3) is 0.417. The molecule has 0 bridgehead atoms. The minimum absolute atomic E-state index is 0.0164. The summed E-state index contributed by atoms with van der Waals surface area (Å²) in [6, 6.07) is 0.382. The van der Waals surface area contributed by atoms with Gasteiger partial charge in [-0.2, -0.15) is 13.2 Å². The van der Waals surface area contributed by atoms with E-state index in [2.05, 4.69) is 11.2 Å². The van der Waals surface area contributed by atoms with Crippen LogP contribution in [0.5, 0.6) is 0 Å². The quantitative estimate of drug-likeness (QED) is 0.176. The van der Waals surface area contributed by atoms with Gasteiger partial charge in [-0.1, -0.05) is 19.8 Å². The molecule has 2 heterocycles. The number of carbonyl (C=O) groups excluding carboxylic acids is 1. The number of carboxylic acids is 1. The Kier molecular flexibility index (Phi) is 11.0. The lowest BCUT2D eigenvalue weighted by atomic mass is 9.89. The van der Waals surface area contributed by atoms with Crippen molar-refractivity contribution in [3.05, 3.63) is 91.6 Å². The zero-order valence-corrected chi connectivity index (χ0v) is 27.6. The number of carboxylic acid groups (broad SMARTS) is 1. The molecule has 7 nitrogen and oxygen atoms in total. The third-order valence-electron chi connectivity index (χ3n) is 8.65. The fourth-order valence-corrected chi connectivity index (χ4v) is 6.58. The van der Waals surface area contributed by atoms with Crippen molar-refractivity contribution < 1.29 is 41.0 Å². The molecule has 2 aromatic carbocycles. The molecule has 2 atom stereocenters. The van der Waals surface area contributed by atoms with E-state index in [0.717, 1.165) is 29.0 Å². The summed E-state index contributed by atoms with van der Waals surface area (Å²) >= 11 is 0. The largest absolute Gasteiger partial charge is 0.481 e. The topological polar surface area (TPSA) is 91.6 Å². The van der Waals surface area contributed by atoms with Crippen molar-refractivity contribution in [1.29, 1.82) is 0 Å². The number of nitrogens with one attached hydrogen (secondary N) is 1. The third kappa shape index (κ3) is 8.19. The fourth-order valence-electron chi connectivity index (χ4n) is 6.58. The molecule has 3 aromatic rings. The average Bonchev–Trinajstić information content (AvgIpc) is 2.95. The van der Waals surface area contributed by atoms with Gasteiger partial charge in [-0.25, -0.2) is 13.2 Å². The Morgan fingerprint density at radius 3 is 2.18 bits per heavy atom. The van der Waals surface area contributed by atoms with Crippen LogP contribution in [0.4, 0.5) is 26.3 Å². The lowest BCUT2D eigenvalue weighted by molar-refractivity contribution is -0.139. The smallest absolute Gasteiger partial charge is 0.416 e. The number of likely N-dealkylation sites (tertiary alicyclic amines) is 1. The van der Waals surface area contributed by atoms with Crippen molar-refractivity contribution in [2.75, 3.05) is 20.1 Å². The predicted molar refractivity (Wildman–Crippen MR) is 171 cm³/mol. The number of benzene rings is 2. The molecule has 1 fully saturated rings. The number of halogens is 6. The van der Waals surface area contributed by atoms with Gasteiger partial charge in [-0.3, -0.25) is 14.4 Å². The molecule has 49 heavy (non-hydrogen) atoms. The summed E-state index contributed by atoms with van der Waals surface area (Å²) in [5, 5.41) is 12.1. The number of hydrogen-bond donors (Lipinski definition) is 2. The van der Waals surface area contributed by atoms with E-state index in [4.69, 9.17) is 6.42 Å². The first-order valence-electron chi connectivity index (χ1n) is 15.6. The van der Waals surface area contributed by atoms with Crippen LogP contribution in [0.15, 0.2) is 35.3 Å². The van der Waals surface area contributed by atoms with E-state index in [1.54, 1.807) is 13.8 Å². The van der Waals surface area contributed by atoms with Crippen molar-refractivity contribution in [1.82, 2.24) is 14.8 Å². The molecule has 1 aromatic heterocycles. The molecule has 0 unspecified atom stereocenters. The van der Waals surface area contributed by atoms with Crippen LogP contribution in [0, 0.1) is 55.5 Å². The maximum absolute atomic E-state index is 16.4. The molecule has 1 amide bonds. The summed E-state index contributed by atoms with van der Waals surface area (Å²) in [5.41, 5.74) is -3.30. The molecular weight excluding hydrogens is 652 g/mol. The second-order valence-corrected chi connectivity index (χ2v) is 13.1. The van der Waals surface area contributed by atoms with Gasteiger partial charge in [0.15, 0.2) is 0 Å². The molecule has 4 rings (SSSR count). The van der Waals surface area contributed by atoms with Gasteiger partial charge >= 0.3 is 12.1 Å². The molecule has 0 aliphatic carbocycles. The Bertz CT molecular complexity index is 1850.